The van der Waals surface area contributed by atoms with Gasteiger partial charge in [0.2, 0.25) is 0 Å². The van der Waals surface area contributed by atoms with Crippen LogP contribution in [0.2, 0.25) is 0 Å². The fourth-order valence-corrected chi connectivity index (χ4v) is 4.48. The molecular weight excluding hydrogens is 266 g/mol. The minimum Gasteiger partial charge on any atom is -0.368 e. The lowest BCUT2D eigenvalue weighted by atomic mass is 9.80. The van der Waals surface area contributed by atoms with E-state index in [1.54, 1.807) is 0 Å². The van der Waals surface area contributed by atoms with Crippen LogP contribution >= 0.6 is 11.8 Å². The molecule has 0 atom stereocenters. The molecule has 1 aromatic rings. The van der Waals surface area contributed by atoms with Crippen LogP contribution < -0.4 is 5.32 Å². The van der Waals surface area contributed by atoms with E-state index in [2.05, 4.69) is 39.1 Å². The van der Waals surface area contributed by atoms with Gasteiger partial charge < -0.3 is 5.32 Å². The highest BCUT2D eigenvalue weighted by molar-refractivity contribution is 7.99. The molecule has 0 radical (unpaired) electrons. The molecule has 4 heteroatoms. The average molecular weight is 291 g/mol. The van der Waals surface area contributed by atoms with Crippen molar-refractivity contribution in [3.8, 4) is 0 Å². The maximum absolute atomic E-state index is 4.41. The monoisotopic (exact) mass is 291 g/mol. The molecule has 3 nitrogen and oxygen atoms in total. The second-order valence-electron chi connectivity index (χ2n) is 5.95. The van der Waals surface area contributed by atoms with Crippen molar-refractivity contribution in [1.29, 1.82) is 0 Å². The van der Waals surface area contributed by atoms with Gasteiger partial charge in [-0.3, -0.25) is 4.90 Å². The highest BCUT2D eigenvalue weighted by atomic mass is 32.2. The number of thioether (sulfide) groups is 1. The summed E-state index contributed by atoms with van der Waals surface area (Å²) >= 11 is 2.10. The van der Waals surface area contributed by atoms with Crippen molar-refractivity contribution in [3.63, 3.8) is 0 Å². The summed E-state index contributed by atoms with van der Waals surface area (Å²) in [7, 11) is 0. The van der Waals surface area contributed by atoms with Crippen LogP contribution in [0.3, 0.4) is 0 Å². The van der Waals surface area contributed by atoms with Gasteiger partial charge in [-0.2, -0.15) is 11.8 Å². The SMILES string of the molecule is c1ccc(NCC2(N3CCSCC3)CCCCC2)nc1. The number of hydrogen-bond donors (Lipinski definition) is 1. The molecule has 1 aliphatic carbocycles. The predicted molar refractivity (Wildman–Crippen MR) is 87.4 cm³/mol. The van der Waals surface area contributed by atoms with Crippen molar-refractivity contribution in [1.82, 2.24) is 9.88 Å². The lowest BCUT2D eigenvalue weighted by molar-refractivity contribution is 0.0706. The maximum atomic E-state index is 4.41. The summed E-state index contributed by atoms with van der Waals surface area (Å²) in [6.07, 6.45) is 8.73. The third kappa shape index (κ3) is 3.29. The molecule has 1 aromatic heterocycles. The van der Waals surface area contributed by atoms with Crippen molar-refractivity contribution < 1.29 is 0 Å². The van der Waals surface area contributed by atoms with Crippen molar-refractivity contribution in [2.45, 2.75) is 37.6 Å². The van der Waals surface area contributed by atoms with Crippen LogP contribution in [0.5, 0.6) is 0 Å². The number of anilines is 1. The minimum absolute atomic E-state index is 0.372. The van der Waals surface area contributed by atoms with Crippen LogP contribution in [-0.4, -0.2) is 46.6 Å². The van der Waals surface area contributed by atoms with Crippen LogP contribution in [0.15, 0.2) is 24.4 Å². The first-order valence-electron chi connectivity index (χ1n) is 7.87. The summed E-state index contributed by atoms with van der Waals surface area (Å²) in [5.74, 6) is 3.61. The second-order valence-corrected chi connectivity index (χ2v) is 7.18. The molecular formula is C16H25N3S. The van der Waals surface area contributed by atoms with Crippen molar-refractivity contribution in [3.05, 3.63) is 24.4 Å². The molecule has 2 fully saturated rings. The van der Waals surface area contributed by atoms with Gasteiger partial charge in [-0.1, -0.05) is 25.3 Å². The Morgan fingerprint density at radius 1 is 1.15 bits per heavy atom. The lowest BCUT2D eigenvalue weighted by Crippen LogP contribution is -2.57. The van der Waals surface area contributed by atoms with Crippen LogP contribution in [0.4, 0.5) is 5.82 Å². The minimum atomic E-state index is 0.372. The average Bonchev–Trinajstić information content (AvgIpc) is 2.56. The topological polar surface area (TPSA) is 28.2 Å². The van der Waals surface area contributed by atoms with Crippen molar-refractivity contribution >= 4 is 17.6 Å². The number of pyridine rings is 1. The standard InChI is InChI=1S/C16H25N3S/c1-3-7-16(8-4-1,19-10-12-20-13-11-19)14-18-15-6-2-5-9-17-15/h2,5-6,9H,1,3-4,7-8,10-14H2,(H,17,18). The molecule has 0 bridgehead atoms. The normalized spacial score (nSPS) is 23.4. The Kier molecular flexibility index (Phi) is 4.84. The van der Waals surface area contributed by atoms with Gasteiger partial charge in [0, 0.05) is 42.9 Å². The summed E-state index contributed by atoms with van der Waals surface area (Å²) < 4.78 is 0. The Morgan fingerprint density at radius 2 is 1.95 bits per heavy atom. The Balaban J connectivity index is 1.68. The Hall–Kier alpha value is -0.740. The van der Waals surface area contributed by atoms with E-state index in [1.165, 1.54) is 56.7 Å². The van der Waals surface area contributed by atoms with Crippen molar-refractivity contribution in [2.24, 2.45) is 0 Å². The maximum Gasteiger partial charge on any atom is 0.125 e. The number of hydrogen-bond acceptors (Lipinski definition) is 4. The zero-order valence-corrected chi connectivity index (χ0v) is 13.0. The van der Waals surface area contributed by atoms with E-state index in [1.807, 2.05) is 12.3 Å². The molecule has 1 aliphatic heterocycles. The highest BCUT2D eigenvalue weighted by Gasteiger charge is 2.38. The summed E-state index contributed by atoms with van der Waals surface area (Å²) in [6.45, 7) is 3.57. The molecule has 0 spiro atoms. The first-order chi connectivity index (χ1) is 9.89. The van der Waals surface area contributed by atoms with Crippen LogP contribution in [0.25, 0.3) is 0 Å². The highest BCUT2D eigenvalue weighted by Crippen LogP contribution is 2.35. The van der Waals surface area contributed by atoms with E-state index in [9.17, 15) is 0 Å². The molecule has 2 aliphatic rings. The van der Waals surface area contributed by atoms with Crippen LogP contribution in [0.1, 0.15) is 32.1 Å². The smallest absolute Gasteiger partial charge is 0.125 e. The molecule has 1 saturated carbocycles. The first kappa shape index (κ1) is 14.2. The largest absolute Gasteiger partial charge is 0.368 e. The molecule has 20 heavy (non-hydrogen) atoms. The van der Waals surface area contributed by atoms with E-state index in [-0.39, 0.29) is 0 Å². The fourth-order valence-electron chi connectivity index (χ4n) is 3.57. The number of aromatic nitrogens is 1. The summed E-state index contributed by atoms with van der Waals surface area (Å²) in [4.78, 5) is 7.17. The third-order valence-corrected chi connectivity index (χ3v) is 5.67. The molecule has 1 saturated heterocycles. The van der Waals surface area contributed by atoms with Gasteiger partial charge in [-0.05, 0) is 25.0 Å². The number of nitrogens with one attached hydrogen (secondary N) is 1. The quantitative estimate of drug-likeness (QED) is 0.922. The molecule has 0 amide bonds. The van der Waals surface area contributed by atoms with E-state index in [4.69, 9.17) is 0 Å². The number of nitrogens with zero attached hydrogens (tertiary/aromatic N) is 2. The Labute approximate surface area is 126 Å². The molecule has 3 rings (SSSR count). The van der Waals surface area contributed by atoms with Gasteiger partial charge in [0.15, 0.2) is 0 Å². The van der Waals surface area contributed by atoms with E-state index < -0.39 is 0 Å². The van der Waals surface area contributed by atoms with E-state index >= 15 is 0 Å². The summed E-state index contributed by atoms with van der Waals surface area (Å²) in [5.41, 5.74) is 0.372. The molecule has 2 heterocycles. The third-order valence-electron chi connectivity index (χ3n) is 4.73. The molecule has 0 unspecified atom stereocenters. The summed E-state index contributed by atoms with van der Waals surface area (Å²) in [5, 5.41) is 3.59. The van der Waals surface area contributed by atoms with Gasteiger partial charge in [0.25, 0.3) is 0 Å². The first-order valence-corrected chi connectivity index (χ1v) is 9.02. The Bertz CT molecular complexity index is 397. The lowest BCUT2D eigenvalue weighted by Gasteiger charge is -2.48. The molecule has 110 valence electrons. The van der Waals surface area contributed by atoms with Gasteiger partial charge in [0.05, 0.1) is 0 Å². The van der Waals surface area contributed by atoms with Crippen molar-refractivity contribution in [2.75, 3.05) is 36.5 Å². The summed E-state index contributed by atoms with van der Waals surface area (Å²) in [6, 6.07) is 6.10. The molecule has 0 aromatic carbocycles. The van der Waals surface area contributed by atoms with Crippen LogP contribution in [-0.2, 0) is 0 Å². The van der Waals surface area contributed by atoms with Gasteiger partial charge in [-0.15, -0.1) is 0 Å². The van der Waals surface area contributed by atoms with E-state index in [0.29, 0.717) is 5.54 Å². The predicted octanol–water partition coefficient (Wildman–Crippen LogP) is 3.25. The zero-order valence-electron chi connectivity index (χ0n) is 12.2. The van der Waals surface area contributed by atoms with Gasteiger partial charge in [-0.25, -0.2) is 4.98 Å². The fraction of sp³-hybridized carbons (Fsp3) is 0.688. The number of rotatable bonds is 4. The molecule has 1 N–H and O–H groups in total. The van der Waals surface area contributed by atoms with Gasteiger partial charge in [0.1, 0.15) is 5.82 Å². The van der Waals surface area contributed by atoms with Crippen LogP contribution in [0, 0.1) is 0 Å². The zero-order chi connectivity index (χ0) is 13.7. The van der Waals surface area contributed by atoms with Gasteiger partial charge >= 0.3 is 0 Å². The Morgan fingerprint density at radius 3 is 2.65 bits per heavy atom. The van der Waals surface area contributed by atoms with E-state index in [0.717, 1.165) is 12.4 Å². The second kappa shape index (κ2) is 6.81.